The van der Waals surface area contributed by atoms with E-state index in [2.05, 4.69) is 9.97 Å². The van der Waals surface area contributed by atoms with Crippen LogP contribution in [0, 0.1) is 0 Å². The second kappa shape index (κ2) is 6.83. The molecule has 5 nitrogen and oxygen atoms in total. The Morgan fingerprint density at radius 3 is 2.76 bits per heavy atom. The minimum atomic E-state index is -0.0999. The van der Waals surface area contributed by atoms with Crippen LogP contribution in [0.3, 0.4) is 0 Å². The van der Waals surface area contributed by atoms with Crippen LogP contribution in [0.25, 0.3) is 0 Å². The molecular weight excluding hydrogens is 265 g/mol. The van der Waals surface area contributed by atoms with Gasteiger partial charge in [-0.2, -0.15) is 0 Å². The second-order valence-corrected chi connectivity index (χ2v) is 3.98. The fraction of sp³-hybridized carbons (Fsp3) is 0.600. The number of aromatic amines is 1. The molecular formula is C10H15Cl2N3O2. The van der Waals surface area contributed by atoms with Crippen LogP contribution in [-0.4, -0.2) is 42.2 Å². The summed E-state index contributed by atoms with van der Waals surface area (Å²) < 4.78 is 5.23. The summed E-state index contributed by atoms with van der Waals surface area (Å²) in [6, 6.07) is 0. The summed E-state index contributed by atoms with van der Waals surface area (Å²) in [5, 5.41) is 0. The summed E-state index contributed by atoms with van der Waals surface area (Å²) >= 11 is 5.59. The molecule has 1 fully saturated rings. The summed E-state index contributed by atoms with van der Waals surface area (Å²) in [5.41, 5.74) is 0.532. The number of ether oxygens (including phenoxy) is 1. The number of hydrogen-bond donors (Lipinski definition) is 1. The Labute approximate surface area is 111 Å². The zero-order valence-electron chi connectivity index (χ0n) is 9.32. The number of alkyl halides is 1. The van der Waals surface area contributed by atoms with Gasteiger partial charge in [-0.15, -0.1) is 24.0 Å². The van der Waals surface area contributed by atoms with Gasteiger partial charge in [0.1, 0.15) is 0 Å². The number of aryl methyl sites for hydroxylation is 1. The molecule has 0 spiro atoms. The summed E-state index contributed by atoms with van der Waals surface area (Å²) in [7, 11) is 0. The molecule has 0 unspecified atom stereocenters. The maximum atomic E-state index is 11.7. The van der Waals surface area contributed by atoms with Gasteiger partial charge in [-0.05, 0) is 6.42 Å². The Balaban J connectivity index is 0.00000144. The molecule has 0 radical (unpaired) electrons. The van der Waals surface area contributed by atoms with E-state index in [4.69, 9.17) is 16.3 Å². The monoisotopic (exact) mass is 279 g/mol. The maximum Gasteiger partial charge on any atom is 0.255 e. The number of nitrogens with one attached hydrogen (secondary N) is 1. The van der Waals surface area contributed by atoms with Crippen molar-refractivity contribution < 1.29 is 4.74 Å². The lowest BCUT2D eigenvalue weighted by molar-refractivity contribution is 0.122. The Morgan fingerprint density at radius 2 is 2.18 bits per heavy atom. The summed E-state index contributed by atoms with van der Waals surface area (Å²) in [6.07, 6.45) is 2.15. The molecule has 96 valence electrons. The van der Waals surface area contributed by atoms with Gasteiger partial charge in [-0.25, -0.2) is 4.98 Å². The molecule has 2 rings (SSSR count). The predicted octanol–water partition coefficient (Wildman–Crippen LogP) is 0.810. The molecule has 0 amide bonds. The molecule has 0 bridgehead atoms. The summed E-state index contributed by atoms with van der Waals surface area (Å²) in [6.45, 7) is 2.87. The molecule has 1 aliphatic rings. The lowest BCUT2D eigenvalue weighted by Crippen LogP contribution is -2.38. The Bertz CT molecular complexity index is 405. The van der Waals surface area contributed by atoms with E-state index in [-0.39, 0.29) is 18.0 Å². The molecule has 1 aromatic heterocycles. The van der Waals surface area contributed by atoms with Gasteiger partial charge in [-0.1, -0.05) is 0 Å². The van der Waals surface area contributed by atoms with E-state index in [0.29, 0.717) is 37.0 Å². The van der Waals surface area contributed by atoms with E-state index in [1.165, 1.54) is 0 Å². The third-order valence-corrected chi connectivity index (χ3v) is 2.72. The van der Waals surface area contributed by atoms with E-state index >= 15 is 0 Å². The van der Waals surface area contributed by atoms with Gasteiger partial charge >= 0.3 is 0 Å². The number of rotatable bonds is 3. The van der Waals surface area contributed by atoms with Gasteiger partial charge in [0.2, 0.25) is 5.95 Å². The molecule has 1 N–H and O–H groups in total. The lowest BCUT2D eigenvalue weighted by atomic mass is 10.3. The average Bonchev–Trinajstić information content (AvgIpc) is 2.33. The number of hydrogen-bond acceptors (Lipinski definition) is 4. The molecule has 0 atom stereocenters. The summed E-state index contributed by atoms with van der Waals surface area (Å²) in [4.78, 5) is 20.7. The van der Waals surface area contributed by atoms with Gasteiger partial charge in [-0.3, -0.25) is 9.78 Å². The van der Waals surface area contributed by atoms with Crippen molar-refractivity contribution in [2.24, 2.45) is 0 Å². The van der Waals surface area contributed by atoms with E-state index < -0.39 is 0 Å². The van der Waals surface area contributed by atoms with Crippen molar-refractivity contribution in [3.63, 3.8) is 0 Å². The van der Waals surface area contributed by atoms with Crippen LogP contribution >= 0.6 is 24.0 Å². The van der Waals surface area contributed by atoms with Gasteiger partial charge in [0, 0.05) is 30.7 Å². The van der Waals surface area contributed by atoms with Crippen LogP contribution < -0.4 is 10.5 Å². The molecule has 17 heavy (non-hydrogen) atoms. The number of halogens is 2. The molecule has 2 heterocycles. The van der Waals surface area contributed by atoms with Gasteiger partial charge < -0.3 is 9.64 Å². The molecule has 0 aromatic carbocycles. The first kappa shape index (κ1) is 14.3. The zero-order chi connectivity index (χ0) is 11.4. The van der Waals surface area contributed by atoms with Gasteiger partial charge in [0.15, 0.2) is 0 Å². The first-order valence-electron chi connectivity index (χ1n) is 5.28. The van der Waals surface area contributed by atoms with Crippen LogP contribution in [0.15, 0.2) is 11.0 Å². The predicted molar refractivity (Wildman–Crippen MR) is 69.6 cm³/mol. The molecule has 1 aromatic rings. The topological polar surface area (TPSA) is 58.2 Å². The number of aromatic nitrogens is 2. The van der Waals surface area contributed by atoms with Crippen LogP contribution in [-0.2, 0) is 11.2 Å². The quantitative estimate of drug-likeness (QED) is 0.832. The van der Waals surface area contributed by atoms with Crippen molar-refractivity contribution in [1.82, 2.24) is 9.97 Å². The highest BCUT2D eigenvalue weighted by atomic mass is 35.5. The van der Waals surface area contributed by atoms with Crippen LogP contribution in [0.4, 0.5) is 5.95 Å². The number of H-pyrrole nitrogens is 1. The highest BCUT2D eigenvalue weighted by Gasteiger charge is 2.13. The van der Waals surface area contributed by atoms with Crippen molar-refractivity contribution in [3.8, 4) is 0 Å². The van der Waals surface area contributed by atoms with E-state index in [1.54, 1.807) is 6.20 Å². The Morgan fingerprint density at radius 1 is 1.47 bits per heavy atom. The van der Waals surface area contributed by atoms with E-state index in [1.807, 2.05) is 4.90 Å². The Kier molecular flexibility index (Phi) is 5.74. The average molecular weight is 280 g/mol. The third kappa shape index (κ3) is 3.59. The number of nitrogens with zero attached hydrogens (tertiary/aromatic N) is 2. The fourth-order valence-electron chi connectivity index (χ4n) is 1.63. The van der Waals surface area contributed by atoms with Crippen molar-refractivity contribution in [2.75, 3.05) is 37.1 Å². The molecule has 0 aliphatic carbocycles. The van der Waals surface area contributed by atoms with Crippen molar-refractivity contribution >= 4 is 30.0 Å². The van der Waals surface area contributed by atoms with Gasteiger partial charge in [0.25, 0.3) is 5.56 Å². The van der Waals surface area contributed by atoms with Crippen molar-refractivity contribution in [1.29, 1.82) is 0 Å². The number of morpholine rings is 1. The fourth-order valence-corrected chi connectivity index (χ4v) is 1.83. The minimum Gasteiger partial charge on any atom is -0.378 e. The van der Waals surface area contributed by atoms with Crippen molar-refractivity contribution in [2.45, 2.75) is 6.42 Å². The highest BCUT2D eigenvalue weighted by molar-refractivity contribution is 6.17. The summed E-state index contributed by atoms with van der Waals surface area (Å²) in [5.74, 6) is 1.05. The second-order valence-electron chi connectivity index (χ2n) is 3.60. The SMILES string of the molecule is Cl.O=c1[nH]c(N2CCOCC2)ncc1CCCl. The molecule has 7 heteroatoms. The Hall–Kier alpha value is -0.780. The lowest BCUT2D eigenvalue weighted by Gasteiger charge is -2.27. The largest absolute Gasteiger partial charge is 0.378 e. The van der Waals surface area contributed by atoms with E-state index in [9.17, 15) is 4.79 Å². The molecule has 1 aliphatic heterocycles. The first-order chi connectivity index (χ1) is 7.81. The standard InChI is InChI=1S/C10H14ClN3O2.ClH/c11-2-1-8-7-12-10(13-9(8)15)14-3-5-16-6-4-14;/h7H,1-6H2,(H,12,13,15);1H. The normalized spacial score (nSPS) is 15.5. The van der Waals surface area contributed by atoms with Crippen LogP contribution in [0.5, 0.6) is 0 Å². The highest BCUT2D eigenvalue weighted by Crippen LogP contribution is 2.07. The minimum absolute atomic E-state index is 0. The smallest absolute Gasteiger partial charge is 0.255 e. The first-order valence-corrected chi connectivity index (χ1v) is 5.81. The van der Waals surface area contributed by atoms with Crippen molar-refractivity contribution in [3.05, 3.63) is 22.1 Å². The molecule has 0 saturated carbocycles. The van der Waals surface area contributed by atoms with E-state index in [0.717, 1.165) is 13.1 Å². The maximum absolute atomic E-state index is 11.7. The number of anilines is 1. The molecule has 1 saturated heterocycles. The van der Waals surface area contributed by atoms with Crippen LogP contribution in [0.2, 0.25) is 0 Å². The third-order valence-electron chi connectivity index (χ3n) is 2.53. The van der Waals surface area contributed by atoms with Crippen LogP contribution in [0.1, 0.15) is 5.56 Å². The van der Waals surface area contributed by atoms with Gasteiger partial charge in [0.05, 0.1) is 13.2 Å². The zero-order valence-corrected chi connectivity index (χ0v) is 10.9.